The number of carbonyl (C=O) groups is 1. The minimum atomic E-state index is 0.0609. The normalized spacial score (nSPS) is 16.8. The summed E-state index contributed by atoms with van der Waals surface area (Å²) in [5.74, 6) is 0.995. The number of rotatable bonds is 5. The van der Waals surface area contributed by atoms with Crippen LogP contribution in [0.5, 0.6) is 0 Å². The van der Waals surface area contributed by atoms with Crippen LogP contribution >= 0.6 is 15.9 Å². The van der Waals surface area contributed by atoms with Crippen LogP contribution in [0.2, 0.25) is 0 Å². The fourth-order valence-electron chi connectivity index (χ4n) is 3.64. The lowest BCUT2D eigenvalue weighted by Crippen LogP contribution is -2.48. The van der Waals surface area contributed by atoms with Gasteiger partial charge in [-0.1, -0.05) is 64.5 Å². The van der Waals surface area contributed by atoms with Crippen molar-refractivity contribution in [2.24, 2.45) is 0 Å². The molecule has 1 fully saturated rings. The summed E-state index contributed by atoms with van der Waals surface area (Å²) in [6.07, 6.45) is 2.42. The molecule has 0 saturated carbocycles. The van der Waals surface area contributed by atoms with Crippen LogP contribution in [0.4, 0.5) is 5.82 Å². The number of carbonyl (C=O) groups excluding carboxylic acids is 1. The zero-order valence-electron chi connectivity index (χ0n) is 15.6. The van der Waals surface area contributed by atoms with Crippen LogP contribution in [-0.4, -0.2) is 35.2 Å². The molecule has 0 bridgehead atoms. The van der Waals surface area contributed by atoms with Crippen LogP contribution in [-0.2, 0) is 11.2 Å². The Morgan fingerprint density at radius 1 is 1.18 bits per heavy atom. The molecule has 3 aromatic rings. The monoisotopic (exact) mass is 438 g/mol. The molecule has 1 saturated heterocycles. The van der Waals surface area contributed by atoms with Gasteiger partial charge < -0.3 is 10.2 Å². The number of H-pyrrole nitrogens is 1. The predicted octanol–water partition coefficient (Wildman–Crippen LogP) is 4.17. The second-order valence-electron chi connectivity index (χ2n) is 7.13. The summed E-state index contributed by atoms with van der Waals surface area (Å²) in [7, 11) is 0. The third-order valence-corrected chi connectivity index (χ3v) is 5.84. The van der Waals surface area contributed by atoms with E-state index < -0.39 is 0 Å². The van der Waals surface area contributed by atoms with E-state index >= 15 is 0 Å². The van der Waals surface area contributed by atoms with E-state index in [4.69, 9.17) is 0 Å². The van der Waals surface area contributed by atoms with Crippen LogP contribution in [0.1, 0.15) is 18.4 Å². The van der Waals surface area contributed by atoms with Gasteiger partial charge in [-0.15, -0.1) is 0 Å². The van der Waals surface area contributed by atoms with Crippen molar-refractivity contribution in [3.05, 3.63) is 70.7 Å². The molecule has 1 aliphatic heterocycles. The molecular weight excluding hydrogens is 416 g/mol. The summed E-state index contributed by atoms with van der Waals surface area (Å²) < 4.78 is 0.973. The highest BCUT2D eigenvalue weighted by atomic mass is 79.9. The summed E-state index contributed by atoms with van der Waals surface area (Å²) in [5.41, 5.74) is 3.14. The largest absolute Gasteiger partial charge is 0.353 e. The van der Waals surface area contributed by atoms with Gasteiger partial charge in [0, 0.05) is 29.7 Å². The lowest BCUT2D eigenvalue weighted by molar-refractivity contribution is -0.121. The number of anilines is 1. The molecule has 1 aliphatic rings. The highest BCUT2D eigenvalue weighted by Gasteiger charge is 2.23. The average molecular weight is 439 g/mol. The molecule has 144 valence electrons. The van der Waals surface area contributed by atoms with Gasteiger partial charge in [-0.25, -0.2) is 0 Å². The Bertz CT molecular complexity index is 940. The van der Waals surface area contributed by atoms with E-state index in [1.54, 1.807) is 0 Å². The average Bonchev–Trinajstić information content (AvgIpc) is 3.21. The molecule has 1 amide bonds. The predicted molar refractivity (Wildman–Crippen MR) is 115 cm³/mol. The summed E-state index contributed by atoms with van der Waals surface area (Å²) >= 11 is 3.51. The number of benzene rings is 2. The topological polar surface area (TPSA) is 61.0 Å². The number of amides is 1. The van der Waals surface area contributed by atoms with E-state index in [1.807, 2.05) is 42.5 Å². The molecular formula is C22H23BrN4O. The van der Waals surface area contributed by atoms with Crippen LogP contribution in [0.3, 0.4) is 0 Å². The van der Waals surface area contributed by atoms with E-state index in [9.17, 15) is 4.79 Å². The molecule has 0 unspecified atom stereocenters. The Labute approximate surface area is 173 Å². The van der Waals surface area contributed by atoms with Crippen molar-refractivity contribution in [3.63, 3.8) is 0 Å². The van der Waals surface area contributed by atoms with Crippen molar-refractivity contribution in [2.75, 3.05) is 18.0 Å². The van der Waals surface area contributed by atoms with E-state index in [0.717, 1.165) is 53.0 Å². The molecule has 28 heavy (non-hydrogen) atoms. The standard InChI is InChI=1S/C22H23BrN4O/c23-19-11-5-4-9-17(19)13-22(28)24-18-10-6-12-27(15-18)21-14-20(25-26-21)16-7-2-1-3-8-16/h1-5,7-9,11,14,18H,6,10,12-13,15H2,(H,24,28)(H,25,26)/t18-/m0/s1. The van der Waals surface area contributed by atoms with Crippen LogP contribution in [0.25, 0.3) is 11.3 Å². The first kappa shape index (κ1) is 18.7. The highest BCUT2D eigenvalue weighted by molar-refractivity contribution is 9.10. The number of halogens is 1. The maximum atomic E-state index is 12.5. The van der Waals surface area contributed by atoms with Gasteiger partial charge in [0.15, 0.2) is 5.82 Å². The van der Waals surface area contributed by atoms with Crippen molar-refractivity contribution in [1.29, 1.82) is 0 Å². The number of nitrogens with zero attached hydrogens (tertiary/aromatic N) is 2. The van der Waals surface area contributed by atoms with Gasteiger partial charge in [-0.2, -0.15) is 5.10 Å². The molecule has 0 aliphatic carbocycles. The fraction of sp³-hybridized carbons (Fsp3) is 0.273. The molecule has 0 radical (unpaired) electrons. The lowest BCUT2D eigenvalue weighted by atomic mass is 10.0. The summed E-state index contributed by atoms with van der Waals surface area (Å²) in [5, 5.41) is 10.8. The molecule has 2 aromatic carbocycles. The minimum Gasteiger partial charge on any atom is -0.353 e. The molecule has 5 nitrogen and oxygen atoms in total. The van der Waals surface area contributed by atoms with Crippen molar-refractivity contribution in [2.45, 2.75) is 25.3 Å². The first-order chi connectivity index (χ1) is 13.7. The molecule has 4 rings (SSSR count). The number of aromatic nitrogens is 2. The van der Waals surface area contributed by atoms with Gasteiger partial charge in [0.05, 0.1) is 12.1 Å². The SMILES string of the molecule is O=C(Cc1ccccc1Br)N[C@H]1CCCN(c2cc(-c3ccccc3)[nH]n2)C1. The quantitative estimate of drug-likeness (QED) is 0.628. The lowest BCUT2D eigenvalue weighted by Gasteiger charge is -2.33. The number of hydrogen-bond donors (Lipinski definition) is 2. The Morgan fingerprint density at radius 3 is 2.79 bits per heavy atom. The summed E-state index contributed by atoms with van der Waals surface area (Å²) in [6.45, 7) is 1.73. The number of aromatic amines is 1. The Hall–Kier alpha value is -2.60. The molecule has 2 heterocycles. The number of nitrogens with one attached hydrogen (secondary N) is 2. The van der Waals surface area contributed by atoms with E-state index in [0.29, 0.717) is 6.42 Å². The molecule has 2 N–H and O–H groups in total. The van der Waals surface area contributed by atoms with Crippen molar-refractivity contribution >= 4 is 27.7 Å². The van der Waals surface area contributed by atoms with Crippen molar-refractivity contribution < 1.29 is 4.79 Å². The second-order valence-corrected chi connectivity index (χ2v) is 7.98. The Morgan fingerprint density at radius 2 is 1.96 bits per heavy atom. The maximum absolute atomic E-state index is 12.5. The Balaban J connectivity index is 1.37. The van der Waals surface area contributed by atoms with Gasteiger partial charge in [0.2, 0.25) is 5.91 Å². The van der Waals surface area contributed by atoms with Gasteiger partial charge >= 0.3 is 0 Å². The first-order valence-corrected chi connectivity index (χ1v) is 10.4. The number of hydrogen-bond acceptors (Lipinski definition) is 3. The highest BCUT2D eigenvalue weighted by Crippen LogP contribution is 2.24. The number of piperidine rings is 1. The third kappa shape index (κ3) is 4.44. The fourth-order valence-corrected chi connectivity index (χ4v) is 4.06. The smallest absolute Gasteiger partial charge is 0.224 e. The van der Waals surface area contributed by atoms with Crippen LogP contribution in [0, 0.1) is 0 Å². The maximum Gasteiger partial charge on any atom is 0.224 e. The molecule has 1 atom stereocenters. The summed E-state index contributed by atoms with van der Waals surface area (Å²) in [6, 6.07) is 20.3. The Kier molecular flexibility index (Phi) is 5.76. The summed E-state index contributed by atoms with van der Waals surface area (Å²) in [4.78, 5) is 14.7. The van der Waals surface area contributed by atoms with Gasteiger partial charge in [-0.05, 0) is 30.0 Å². The van der Waals surface area contributed by atoms with Crippen molar-refractivity contribution in [3.8, 4) is 11.3 Å². The van der Waals surface area contributed by atoms with Gasteiger partial charge in [0.1, 0.15) is 0 Å². The molecule has 6 heteroatoms. The van der Waals surface area contributed by atoms with Gasteiger partial charge in [-0.3, -0.25) is 9.89 Å². The zero-order chi connectivity index (χ0) is 19.3. The second kappa shape index (κ2) is 8.61. The minimum absolute atomic E-state index is 0.0609. The molecule has 1 aromatic heterocycles. The van der Waals surface area contributed by atoms with E-state index in [2.05, 4.69) is 54.5 Å². The van der Waals surface area contributed by atoms with E-state index in [-0.39, 0.29) is 11.9 Å². The van der Waals surface area contributed by atoms with Crippen molar-refractivity contribution in [1.82, 2.24) is 15.5 Å². The molecule has 0 spiro atoms. The van der Waals surface area contributed by atoms with Gasteiger partial charge in [0.25, 0.3) is 0 Å². The van der Waals surface area contributed by atoms with Crippen LogP contribution < -0.4 is 10.2 Å². The first-order valence-electron chi connectivity index (χ1n) is 9.57. The zero-order valence-corrected chi connectivity index (χ0v) is 17.2. The third-order valence-electron chi connectivity index (χ3n) is 5.07. The van der Waals surface area contributed by atoms with E-state index in [1.165, 1.54) is 0 Å². The van der Waals surface area contributed by atoms with Crippen LogP contribution in [0.15, 0.2) is 65.1 Å².